The average Bonchev–Trinajstić information content (AvgIpc) is 2.97. The van der Waals surface area contributed by atoms with Crippen molar-refractivity contribution in [2.24, 2.45) is 0 Å². The Bertz CT molecular complexity index is 708. The zero-order valence-corrected chi connectivity index (χ0v) is 12.9. The van der Waals surface area contributed by atoms with E-state index in [9.17, 15) is 15.3 Å². The van der Waals surface area contributed by atoms with Crippen molar-refractivity contribution in [3.8, 4) is 0 Å². The van der Waals surface area contributed by atoms with E-state index in [1.807, 2.05) is 6.26 Å². The molecule has 5 N–H and O–H groups in total. The van der Waals surface area contributed by atoms with Gasteiger partial charge >= 0.3 is 0 Å². The highest BCUT2D eigenvalue weighted by atomic mass is 32.2. The Morgan fingerprint density at radius 3 is 2.59 bits per heavy atom. The lowest BCUT2D eigenvalue weighted by Crippen LogP contribution is -2.33. The lowest BCUT2D eigenvalue weighted by molar-refractivity contribution is -0.0519. The zero-order valence-electron chi connectivity index (χ0n) is 12.0. The third-order valence-electron chi connectivity index (χ3n) is 3.68. The number of aryl methyl sites for hydroxylation is 1. The molecular weight excluding hydrogens is 310 g/mol. The molecule has 1 fully saturated rings. The molecule has 0 unspecified atom stereocenters. The Morgan fingerprint density at radius 2 is 2.00 bits per heavy atom. The van der Waals surface area contributed by atoms with Crippen LogP contribution in [0.15, 0.2) is 5.16 Å². The van der Waals surface area contributed by atoms with Crippen molar-refractivity contribution in [3.63, 3.8) is 0 Å². The first-order valence-corrected chi connectivity index (χ1v) is 7.89. The van der Waals surface area contributed by atoms with Gasteiger partial charge in [0.1, 0.15) is 24.1 Å². The van der Waals surface area contributed by atoms with Crippen LogP contribution in [0.1, 0.15) is 12.1 Å². The van der Waals surface area contributed by atoms with Crippen molar-refractivity contribution in [2.75, 3.05) is 18.6 Å². The van der Waals surface area contributed by atoms with Crippen molar-refractivity contribution < 1.29 is 20.1 Å². The quantitative estimate of drug-likeness (QED) is 0.415. The first kappa shape index (κ1) is 15.4. The van der Waals surface area contributed by atoms with E-state index in [1.54, 1.807) is 11.5 Å². The first-order chi connectivity index (χ1) is 10.5. The lowest BCUT2D eigenvalue weighted by Gasteiger charge is -2.18. The highest BCUT2D eigenvalue weighted by molar-refractivity contribution is 7.98. The van der Waals surface area contributed by atoms with Crippen LogP contribution in [0.2, 0.25) is 0 Å². The van der Waals surface area contributed by atoms with Crippen LogP contribution in [0.25, 0.3) is 11.2 Å². The molecule has 2 aromatic rings. The number of aliphatic hydroxyl groups excluding tert-OH is 3. The summed E-state index contributed by atoms with van der Waals surface area (Å²) in [6.45, 7) is 1.32. The number of imidazole rings is 1. The molecule has 0 bridgehead atoms. The molecular formula is C12H17N5O4S. The van der Waals surface area contributed by atoms with Crippen LogP contribution in [0.4, 0.5) is 5.82 Å². The second-order valence-corrected chi connectivity index (χ2v) is 5.80. The number of hydrogen-bond acceptors (Lipinski definition) is 9. The Kier molecular flexibility index (Phi) is 3.95. The first-order valence-electron chi connectivity index (χ1n) is 6.66. The summed E-state index contributed by atoms with van der Waals surface area (Å²) >= 11 is 1.33. The number of nitrogens with two attached hydrogens (primary N) is 1. The van der Waals surface area contributed by atoms with Crippen molar-refractivity contribution in [1.82, 2.24) is 19.5 Å². The molecule has 1 aliphatic heterocycles. The molecule has 120 valence electrons. The van der Waals surface area contributed by atoms with Gasteiger partial charge in [-0.25, -0.2) is 15.0 Å². The van der Waals surface area contributed by atoms with Gasteiger partial charge in [0, 0.05) is 0 Å². The summed E-state index contributed by atoms with van der Waals surface area (Å²) in [6.07, 6.45) is -2.34. The Balaban J connectivity index is 2.15. The van der Waals surface area contributed by atoms with E-state index in [0.29, 0.717) is 22.1 Å². The normalized spacial score (nSPS) is 28.6. The third kappa shape index (κ3) is 2.23. The van der Waals surface area contributed by atoms with Gasteiger partial charge in [0.05, 0.1) is 6.61 Å². The van der Waals surface area contributed by atoms with E-state index in [1.165, 1.54) is 11.8 Å². The van der Waals surface area contributed by atoms with Gasteiger partial charge in [0.25, 0.3) is 0 Å². The van der Waals surface area contributed by atoms with E-state index in [-0.39, 0.29) is 5.82 Å². The van der Waals surface area contributed by atoms with E-state index in [0.717, 1.165) is 0 Å². The van der Waals surface area contributed by atoms with Gasteiger partial charge in [-0.3, -0.25) is 4.57 Å². The van der Waals surface area contributed by atoms with E-state index < -0.39 is 31.1 Å². The maximum atomic E-state index is 10.2. The molecule has 1 saturated heterocycles. The van der Waals surface area contributed by atoms with E-state index in [2.05, 4.69) is 15.0 Å². The molecule has 10 heteroatoms. The van der Waals surface area contributed by atoms with Crippen LogP contribution < -0.4 is 5.73 Å². The number of hydrogen-bond donors (Lipinski definition) is 4. The summed E-state index contributed by atoms with van der Waals surface area (Å²) in [5, 5.41) is 29.8. The molecule has 0 amide bonds. The summed E-state index contributed by atoms with van der Waals surface area (Å²) in [5.41, 5.74) is 6.73. The number of ether oxygens (including phenoxy) is 1. The monoisotopic (exact) mass is 327 g/mol. The van der Waals surface area contributed by atoms with Gasteiger partial charge in [-0.2, -0.15) is 0 Å². The van der Waals surface area contributed by atoms with Crippen LogP contribution in [-0.4, -0.2) is 66.0 Å². The summed E-state index contributed by atoms with van der Waals surface area (Å²) in [4.78, 5) is 12.8. The number of rotatable bonds is 3. The minimum Gasteiger partial charge on any atom is -0.394 e. The van der Waals surface area contributed by atoms with Gasteiger partial charge in [0.2, 0.25) is 0 Å². The van der Waals surface area contributed by atoms with Crippen molar-refractivity contribution in [1.29, 1.82) is 0 Å². The van der Waals surface area contributed by atoms with E-state index >= 15 is 0 Å². The lowest BCUT2D eigenvalue weighted by atomic mass is 10.1. The van der Waals surface area contributed by atoms with Crippen LogP contribution >= 0.6 is 11.8 Å². The number of nitrogens with zero attached hydrogens (tertiary/aromatic N) is 4. The Labute approximate surface area is 130 Å². The predicted molar refractivity (Wildman–Crippen MR) is 79.3 cm³/mol. The van der Waals surface area contributed by atoms with Crippen LogP contribution in [0.5, 0.6) is 0 Å². The fourth-order valence-electron chi connectivity index (χ4n) is 2.57. The fourth-order valence-corrected chi connectivity index (χ4v) is 2.94. The predicted octanol–water partition coefficient (Wildman–Crippen LogP) is -0.950. The maximum Gasteiger partial charge on any atom is 0.191 e. The largest absolute Gasteiger partial charge is 0.394 e. The minimum atomic E-state index is -1.21. The molecule has 22 heavy (non-hydrogen) atoms. The number of thioether (sulfide) groups is 1. The maximum absolute atomic E-state index is 10.2. The SMILES string of the molecule is CSc1nc(N)c2nc(C)n([C@@H]3O[C@H](CO)[C@@H](O)[C@H]3O)c2n1. The molecule has 2 aromatic heterocycles. The molecule has 1 aliphatic rings. The number of fused-ring (bicyclic) bond motifs is 1. The fraction of sp³-hybridized carbons (Fsp3) is 0.583. The van der Waals surface area contributed by atoms with Gasteiger partial charge in [-0.1, -0.05) is 11.8 Å². The standard InChI is InChI=1S/C12H17N5O4S/c1-4-14-6-9(13)15-12(22-2)16-10(6)17(4)11-8(20)7(19)5(3-18)21-11/h5,7-8,11,18-20H,3H2,1-2H3,(H2,13,15,16)/t5-,7-,8-,11-/m1/s1. The van der Waals surface area contributed by atoms with Gasteiger partial charge in [0.15, 0.2) is 28.4 Å². The molecule has 3 heterocycles. The number of aromatic nitrogens is 4. The second-order valence-electron chi connectivity index (χ2n) is 5.03. The number of nitrogen functional groups attached to an aromatic ring is 1. The third-order valence-corrected chi connectivity index (χ3v) is 4.22. The van der Waals surface area contributed by atoms with Crippen molar-refractivity contribution in [3.05, 3.63) is 5.82 Å². The van der Waals surface area contributed by atoms with Crippen molar-refractivity contribution in [2.45, 2.75) is 36.6 Å². The molecule has 0 aliphatic carbocycles. The topological polar surface area (TPSA) is 140 Å². The highest BCUT2D eigenvalue weighted by Gasteiger charge is 2.44. The molecule has 4 atom stereocenters. The number of anilines is 1. The van der Waals surface area contributed by atoms with E-state index in [4.69, 9.17) is 10.5 Å². The van der Waals surface area contributed by atoms with Crippen LogP contribution in [0, 0.1) is 6.92 Å². The van der Waals surface area contributed by atoms with Gasteiger partial charge < -0.3 is 25.8 Å². The minimum absolute atomic E-state index is 0.239. The summed E-state index contributed by atoms with van der Waals surface area (Å²) in [7, 11) is 0. The Hall–Kier alpha value is -1.46. The molecule has 0 radical (unpaired) electrons. The second kappa shape index (κ2) is 5.63. The van der Waals surface area contributed by atoms with Crippen LogP contribution in [0.3, 0.4) is 0 Å². The van der Waals surface area contributed by atoms with Gasteiger partial charge in [-0.15, -0.1) is 0 Å². The summed E-state index contributed by atoms with van der Waals surface area (Å²) in [6, 6.07) is 0. The average molecular weight is 327 g/mol. The molecule has 3 rings (SSSR count). The summed E-state index contributed by atoms with van der Waals surface area (Å²) in [5.74, 6) is 0.757. The van der Waals surface area contributed by atoms with Gasteiger partial charge in [-0.05, 0) is 13.2 Å². The van der Waals surface area contributed by atoms with Crippen molar-refractivity contribution >= 4 is 28.7 Å². The molecule has 9 nitrogen and oxygen atoms in total. The molecule has 0 aromatic carbocycles. The molecule has 0 saturated carbocycles. The summed E-state index contributed by atoms with van der Waals surface area (Å²) < 4.78 is 7.11. The zero-order chi connectivity index (χ0) is 16.0. The highest BCUT2D eigenvalue weighted by Crippen LogP contribution is 2.33. The smallest absolute Gasteiger partial charge is 0.191 e. The van der Waals surface area contributed by atoms with Crippen LogP contribution in [-0.2, 0) is 4.74 Å². The Morgan fingerprint density at radius 1 is 1.27 bits per heavy atom. The number of aliphatic hydroxyl groups is 3. The molecule has 0 spiro atoms.